The van der Waals surface area contributed by atoms with Gasteiger partial charge in [0.05, 0.1) is 11.6 Å². The average molecular weight is 274 g/mol. The van der Waals surface area contributed by atoms with Gasteiger partial charge in [0, 0.05) is 5.54 Å². The molecular weight excluding hydrogens is 258 g/mol. The standard InChI is InChI=1S/C11H16BrNO2/c1-11(2,13-3)7-5-6-8(15-4)10(14)9(7)12/h5-6,13-14H,1-4H3. The molecule has 3 nitrogen and oxygen atoms in total. The van der Waals surface area contributed by atoms with Crippen LogP contribution in [0.5, 0.6) is 11.5 Å². The molecule has 0 radical (unpaired) electrons. The SMILES string of the molecule is CNC(C)(C)c1ccc(OC)c(O)c1Br. The zero-order chi connectivity index (χ0) is 11.6. The first-order chi connectivity index (χ1) is 6.94. The van der Waals surface area contributed by atoms with Gasteiger partial charge in [-0.25, -0.2) is 0 Å². The molecule has 0 spiro atoms. The predicted molar refractivity (Wildman–Crippen MR) is 64.4 cm³/mol. The third kappa shape index (κ3) is 2.26. The highest BCUT2D eigenvalue weighted by atomic mass is 79.9. The topological polar surface area (TPSA) is 41.5 Å². The Balaban J connectivity index is 3.29. The minimum atomic E-state index is -0.206. The Morgan fingerprint density at radius 3 is 2.47 bits per heavy atom. The molecule has 0 saturated carbocycles. The van der Waals surface area contributed by atoms with Crippen molar-refractivity contribution in [2.75, 3.05) is 14.2 Å². The van der Waals surface area contributed by atoms with Gasteiger partial charge in [0.2, 0.25) is 0 Å². The third-order valence-corrected chi connectivity index (χ3v) is 3.40. The van der Waals surface area contributed by atoms with Crippen molar-refractivity contribution in [1.82, 2.24) is 5.32 Å². The molecule has 0 aromatic heterocycles. The van der Waals surface area contributed by atoms with Gasteiger partial charge in [-0.3, -0.25) is 0 Å². The number of phenolic OH excluding ortho intramolecular Hbond substituents is 1. The first-order valence-electron chi connectivity index (χ1n) is 4.69. The van der Waals surface area contributed by atoms with Gasteiger partial charge in [0.25, 0.3) is 0 Å². The van der Waals surface area contributed by atoms with Crippen LogP contribution in [0.1, 0.15) is 19.4 Å². The Morgan fingerprint density at radius 1 is 1.40 bits per heavy atom. The Labute approximate surface area is 98.6 Å². The quantitative estimate of drug-likeness (QED) is 0.890. The van der Waals surface area contributed by atoms with E-state index in [0.717, 1.165) is 5.56 Å². The maximum atomic E-state index is 9.84. The van der Waals surface area contributed by atoms with Gasteiger partial charge >= 0.3 is 0 Å². The highest BCUT2D eigenvalue weighted by Gasteiger charge is 2.23. The lowest BCUT2D eigenvalue weighted by Gasteiger charge is -2.26. The lowest BCUT2D eigenvalue weighted by atomic mass is 9.94. The Morgan fingerprint density at radius 2 is 2.00 bits per heavy atom. The van der Waals surface area contributed by atoms with Crippen molar-refractivity contribution in [3.63, 3.8) is 0 Å². The van der Waals surface area contributed by atoms with Crippen LogP contribution in [0, 0.1) is 0 Å². The summed E-state index contributed by atoms with van der Waals surface area (Å²) in [6, 6.07) is 3.69. The first kappa shape index (κ1) is 12.3. The first-order valence-corrected chi connectivity index (χ1v) is 5.48. The number of methoxy groups -OCH3 is 1. The molecule has 0 amide bonds. The number of phenols is 1. The largest absolute Gasteiger partial charge is 0.503 e. The van der Waals surface area contributed by atoms with E-state index in [-0.39, 0.29) is 11.3 Å². The summed E-state index contributed by atoms with van der Waals surface area (Å²) in [5, 5.41) is 13.0. The van der Waals surface area contributed by atoms with Crippen LogP contribution in [0.15, 0.2) is 16.6 Å². The van der Waals surface area contributed by atoms with Crippen LogP contribution in [0.25, 0.3) is 0 Å². The molecule has 1 aromatic rings. The molecule has 4 heteroatoms. The van der Waals surface area contributed by atoms with Crippen molar-refractivity contribution in [2.24, 2.45) is 0 Å². The van der Waals surface area contributed by atoms with Crippen molar-refractivity contribution in [3.05, 3.63) is 22.2 Å². The minimum Gasteiger partial charge on any atom is -0.503 e. The fourth-order valence-electron chi connectivity index (χ4n) is 1.33. The Bertz CT molecular complexity index is 364. The van der Waals surface area contributed by atoms with Crippen molar-refractivity contribution < 1.29 is 9.84 Å². The second-order valence-corrected chi connectivity index (χ2v) is 4.65. The van der Waals surface area contributed by atoms with Crippen LogP contribution in [-0.4, -0.2) is 19.3 Å². The molecule has 15 heavy (non-hydrogen) atoms. The highest BCUT2D eigenvalue weighted by Crippen LogP contribution is 2.40. The number of aromatic hydroxyl groups is 1. The second kappa shape index (κ2) is 4.41. The van der Waals surface area contributed by atoms with E-state index in [1.54, 1.807) is 6.07 Å². The summed E-state index contributed by atoms with van der Waals surface area (Å²) >= 11 is 3.38. The van der Waals surface area contributed by atoms with E-state index in [1.807, 2.05) is 27.0 Å². The summed E-state index contributed by atoms with van der Waals surface area (Å²) in [4.78, 5) is 0. The normalized spacial score (nSPS) is 11.5. The van der Waals surface area contributed by atoms with E-state index >= 15 is 0 Å². The monoisotopic (exact) mass is 273 g/mol. The summed E-state index contributed by atoms with van der Waals surface area (Å²) in [6.45, 7) is 4.08. The molecule has 0 unspecified atom stereocenters. The summed E-state index contributed by atoms with van der Waals surface area (Å²) in [7, 11) is 3.41. The van der Waals surface area contributed by atoms with Crippen molar-refractivity contribution in [3.8, 4) is 11.5 Å². The van der Waals surface area contributed by atoms with Crippen molar-refractivity contribution in [1.29, 1.82) is 0 Å². The molecular formula is C11H16BrNO2. The average Bonchev–Trinajstić information content (AvgIpc) is 2.21. The van der Waals surface area contributed by atoms with E-state index in [1.165, 1.54) is 7.11 Å². The maximum Gasteiger partial charge on any atom is 0.172 e. The van der Waals surface area contributed by atoms with Gasteiger partial charge in [0.15, 0.2) is 11.5 Å². The van der Waals surface area contributed by atoms with Gasteiger partial charge in [-0.2, -0.15) is 0 Å². The molecule has 0 heterocycles. The molecule has 0 saturated heterocycles. The minimum absolute atomic E-state index is 0.137. The molecule has 0 atom stereocenters. The van der Waals surface area contributed by atoms with E-state index in [4.69, 9.17) is 4.74 Å². The molecule has 84 valence electrons. The van der Waals surface area contributed by atoms with E-state index in [9.17, 15) is 5.11 Å². The van der Waals surface area contributed by atoms with Gasteiger partial charge in [-0.1, -0.05) is 6.07 Å². The summed E-state index contributed by atoms with van der Waals surface area (Å²) < 4.78 is 5.69. The number of halogens is 1. The zero-order valence-electron chi connectivity index (χ0n) is 9.39. The zero-order valence-corrected chi connectivity index (χ0v) is 11.0. The van der Waals surface area contributed by atoms with E-state index < -0.39 is 0 Å². The van der Waals surface area contributed by atoms with Crippen LogP contribution in [0.4, 0.5) is 0 Å². The smallest absolute Gasteiger partial charge is 0.172 e. The number of nitrogens with one attached hydrogen (secondary N) is 1. The molecule has 1 aromatic carbocycles. The van der Waals surface area contributed by atoms with Gasteiger partial charge in [-0.15, -0.1) is 0 Å². The van der Waals surface area contributed by atoms with Crippen LogP contribution in [-0.2, 0) is 5.54 Å². The second-order valence-electron chi connectivity index (χ2n) is 3.85. The summed E-state index contributed by atoms with van der Waals surface area (Å²) in [5.41, 5.74) is 0.783. The number of hydrogen-bond donors (Lipinski definition) is 2. The van der Waals surface area contributed by atoms with Gasteiger partial charge in [-0.05, 0) is 48.5 Å². The third-order valence-electron chi connectivity index (χ3n) is 2.60. The van der Waals surface area contributed by atoms with Crippen LogP contribution in [0.2, 0.25) is 0 Å². The van der Waals surface area contributed by atoms with Gasteiger partial charge < -0.3 is 15.2 Å². The highest BCUT2D eigenvalue weighted by molar-refractivity contribution is 9.10. The Hall–Kier alpha value is -0.740. The molecule has 0 fully saturated rings. The van der Waals surface area contributed by atoms with Gasteiger partial charge in [0.1, 0.15) is 0 Å². The summed E-state index contributed by atoms with van der Waals surface area (Å²) in [6.07, 6.45) is 0. The molecule has 0 aliphatic rings. The maximum absolute atomic E-state index is 9.84. The Kier molecular flexibility index (Phi) is 3.62. The summed E-state index contributed by atoms with van der Waals surface area (Å²) in [5.74, 6) is 0.607. The lowest BCUT2D eigenvalue weighted by molar-refractivity contribution is 0.367. The molecule has 0 bridgehead atoms. The van der Waals surface area contributed by atoms with E-state index in [0.29, 0.717) is 10.2 Å². The number of ether oxygens (including phenoxy) is 1. The number of benzene rings is 1. The van der Waals surface area contributed by atoms with Crippen LogP contribution < -0.4 is 10.1 Å². The van der Waals surface area contributed by atoms with E-state index in [2.05, 4.69) is 21.2 Å². The number of hydrogen-bond acceptors (Lipinski definition) is 3. The predicted octanol–water partition coefficient (Wildman–Crippen LogP) is 2.62. The van der Waals surface area contributed by atoms with Crippen molar-refractivity contribution in [2.45, 2.75) is 19.4 Å². The number of rotatable bonds is 3. The lowest BCUT2D eigenvalue weighted by Crippen LogP contribution is -2.33. The molecule has 0 aliphatic heterocycles. The fraction of sp³-hybridized carbons (Fsp3) is 0.455. The van der Waals surface area contributed by atoms with Crippen LogP contribution >= 0.6 is 15.9 Å². The van der Waals surface area contributed by atoms with Crippen molar-refractivity contribution >= 4 is 15.9 Å². The van der Waals surface area contributed by atoms with Crippen LogP contribution in [0.3, 0.4) is 0 Å². The molecule has 0 aliphatic carbocycles. The molecule has 1 rings (SSSR count). The molecule has 2 N–H and O–H groups in total. The fourth-order valence-corrected chi connectivity index (χ4v) is 2.15.